The Morgan fingerprint density at radius 3 is 2.55 bits per heavy atom. The Morgan fingerprint density at radius 2 is 1.95 bits per heavy atom. The summed E-state index contributed by atoms with van der Waals surface area (Å²) in [6.07, 6.45) is -1.09. The Kier molecular flexibility index (Phi) is 4.24. The first-order chi connectivity index (χ1) is 9.45. The zero-order chi connectivity index (χ0) is 14.7. The minimum absolute atomic E-state index is 0.0661. The standard InChI is InChI=1S/C14H17NO5/c1-9-7-15(8-12(20-9)14(18)19)13(17)6-10-2-4-11(16)5-3-10/h2-5,9,12,16H,6-8H2,1H3,(H,18,19)/t9-,12?/m1/s1. The number of aromatic hydroxyl groups is 1. The van der Waals surface area contributed by atoms with Gasteiger partial charge in [0.2, 0.25) is 5.91 Å². The Bertz CT molecular complexity index is 499. The Labute approximate surface area is 116 Å². The number of hydrogen-bond acceptors (Lipinski definition) is 4. The number of morpholine rings is 1. The number of benzene rings is 1. The van der Waals surface area contributed by atoms with Gasteiger partial charge in [0.05, 0.1) is 19.1 Å². The van der Waals surface area contributed by atoms with Crippen molar-refractivity contribution < 1.29 is 24.5 Å². The van der Waals surface area contributed by atoms with Gasteiger partial charge in [-0.05, 0) is 24.6 Å². The summed E-state index contributed by atoms with van der Waals surface area (Å²) in [7, 11) is 0. The van der Waals surface area contributed by atoms with E-state index in [0.717, 1.165) is 5.56 Å². The highest BCUT2D eigenvalue weighted by Crippen LogP contribution is 2.15. The summed E-state index contributed by atoms with van der Waals surface area (Å²) in [5.74, 6) is -1.05. The van der Waals surface area contributed by atoms with Crippen LogP contribution in [0.15, 0.2) is 24.3 Å². The Balaban J connectivity index is 2.01. The molecule has 1 heterocycles. The maximum Gasteiger partial charge on any atom is 0.334 e. The average molecular weight is 279 g/mol. The summed E-state index contributed by atoms with van der Waals surface area (Å²) in [5.41, 5.74) is 0.777. The van der Waals surface area contributed by atoms with Crippen molar-refractivity contribution >= 4 is 11.9 Å². The fourth-order valence-corrected chi connectivity index (χ4v) is 2.19. The molecule has 1 unspecified atom stereocenters. The molecule has 1 fully saturated rings. The second-order valence-corrected chi connectivity index (χ2v) is 4.92. The van der Waals surface area contributed by atoms with Gasteiger partial charge in [-0.25, -0.2) is 4.79 Å². The van der Waals surface area contributed by atoms with Crippen molar-refractivity contribution in [1.29, 1.82) is 0 Å². The van der Waals surface area contributed by atoms with Crippen LogP contribution in [0.3, 0.4) is 0 Å². The Morgan fingerprint density at radius 1 is 1.30 bits per heavy atom. The van der Waals surface area contributed by atoms with Crippen LogP contribution in [-0.4, -0.2) is 52.3 Å². The predicted octanol–water partition coefficient (Wildman–Crippen LogP) is 0.635. The smallest absolute Gasteiger partial charge is 0.334 e. The molecule has 108 valence electrons. The molecule has 1 aliphatic heterocycles. The molecule has 1 saturated heterocycles. The number of carbonyl (C=O) groups excluding carboxylic acids is 1. The predicted molar refractivity (Wildman–Crippen MR) is 70.4 cm³/mol. The third kappa shape index (κ3) is 3.48. The van der Waals surface area contributed by atoms with Crippen LogP contribution in [0.4, 0.5) is 0 Å². The molecule has 0 bridgehead atoms. The van der Waals surface area contributed by atoms with Crippen LogP contribution in [0, 0.1) is 0 Å². The van der Waals surface area contributed by atoms with Gasteiger partial charge >= 0.3 is 5.97 Å². The minimum atomic E-state index is -1.06. The zero-order valence-corrected chi connectivity index (χ0v) is 11.2. The fraction of sp³-hybridized carbons (Fsp3) is 0.429. The third-order valence-corrected chi connectivity index (χ3v) is 3.18. The van der Waals surface area contributed by atoms with E-state index in [1.54, 1.807) is 19.1 Å². The largest absolute Gasteiger partial charge is 0.508 e. The van der Waals surface area contributed by atoms with Gasteiger partial charge in [-0.15, -0.1) is 0 Å². The molecule has 1 aromatic carbocycles. The van der Waals surface area contributed by atoms with Crippen molar-refractivity contribution in [2.24, 2.45) is 0 Å². The summed E-state index contributed by atoms with van der Waals surface area (Å²) in [4.78, 5) is 24.7. The highest BCUT2D eigenvalue weighted by atomic mass is 16.5. The van der Waals surface area contributed by atoms with E-state index in [4.69, 9.17) is 9.84 Å². The monoisotopic (exact) mass is 279 g/mol. The molecule has 1 aliphatic rings. The van der Waals surface area contributed by atoms with Gasteiger partial charge in [-0.3, -0.25) is 4.79 Å². The number of amides is 1. The number of rotatable bonds is 3. The maximum atomic E-state index is 12.2. The van der Waals surface area contributed by atoms with E-state index in [1.807, 2.05) is 0 Å². The number of hydrogen-bond donors (Lipinski definition) is 2. The van der Waals surface area contributed by atoms with Gasteiger partial charge < -0.3 is 19.8 Å². The molecule has 1 aromatic rings. The highest BCUT2D eigenvalue weighted by Gasteiger charge is 2.32. The Hall–Kier alpha value is -2.08. The van der Waals surface area contributed by atoms with E-state index in [1.165, 1.54) is 17.0 Å². The lowest BCUT2D eigenvalue weighted by atomic mass is 10.1. The molecule has 0 aromatic heterocycles. The topological polar surface area (TPSA) is 87.1 Å². The zero-order valence-electron chi connectivity index (χ0n) is 11.2. The van der Waals surface area contributed by atoms with Crippen LogP contribution >= 0.6 is 0 Å². The lowest BCUT2D eigenvalue weighted by molar-refractivity contribution is -0.166. The van der Waals surface area contributed by atoms with E-state index >= 15 is 0 Å². The summed E-state index contributed by atoms with van der Waals surface area (Å²) >= 11 is 0. The number of phenols is 1. The average Bonchev–Trinajstić information content (AvgIpc) is 2.40. The van der Waals surface area contributed by atoms with E-state index in [-0.39, 0.29) is 30.7 Å². The number of carboxylic acid groups (broad SMARTS) is 1. The molecule has 20 heavy (non-hydrogen) atoms. The lowest BCUT2D eigenvalue weighted by Crippen LogP contribution is -2.52. The van der Waals surface area contributed by atoms with Gasteiger partial charge in [0.15, 0.2) is 6.10 Å². The van der Waals surface area contributed by atoms with Crippen LogP contribution < -0.4 is 0 Å². The first-order valence-corrected chi connectivity index (χ1v) is 6.39. The quantitative estimate of drug-likeness (QED) is 0.847. The SMILES string of the molecule is C[C@@H]1CN(C(=O)Cc2ccc(O)cc2)CC(C(=O)O)O1. The normalized spacial score (nSPS) is 22.6. The number of carboxylic acids is 1. The van der Waals surface area contributed by atoms with Crippen molar-refractivity contribution in [2.75, 3.05) is 13.1 Å². The maximum absolute atomic E-state index is 12.2. The second-order valence-electron chi connectivity index (χ2n) is 4.92. The van der Waals surface area contributed by atoms with Gasteiger partial charge in [0.25, 0.3) is 0 Å². The van der Waals surface area contributed by atoms with Gasteiger partial charge in [-0.2, -0.15) is 0 Å². The first-order valence-electron chi connectivity index (χ1n) is 6.39. The van der Waals surface area contributed by atoms with Crippen LogP contribution in [-0.2, 0) is 20.7 Å². The van der Waals surface area contributed by atoms with Gasteiger partial charge in [0.1, 0.15) is 5.75 Å². The number of ether oxygens (including phenoxy) is 1. The summed E-state index contributed by atoms with van der Waals surface area (Å²) in [5, 5.41) is 18.2. The minimum Gasteiger partial charge on any atom is -0.508 e. The summed E-state index contributed by atoms with van der Waals surface area (Å²) in [6.45, 7) is 2.20. The van der Waals surface area contributed by atoms with Gasteiger partial charge in [-0.1, -0.05) is 12.1 Å². The number of phenolic OH excluding ortho intramolecular Hbond substituents is 1. The van der Waals surface area contributed by atoms with E-state index in [2.05, 4.69) is 0 Å². The van der Waals surface area contributed by atoms with Crippen LogP contribution in [0.25, 0.3) is 0 Å². The molecule has 0 aliphatic carbocycles. The van der Waals surface area contributed by atoms with Crippen LogP contribution in [0.1, 0.15) is 12.5 Å². The summed E-state index contributed by atoms with van der Waals surface area (Å²) in [6, 6.07) is 6.38. The fourth-order valence-electron chi connectivity index (χ4n) is 2.19. The molecule has 0 radical (unpaired) electrons. The molecule has 6 heteroatoms. The van der Waals surface area contributed by atoms with E-state index in [0.29, 0.717) is 6.54 Å². The lowest BCUT2D eigenvalue weighted by Gasteiger charge is -2.35. The molecule has 0 spiro atoms. The molecular weight excluding hydrogens is 262 g/mol. The van der Waals surface area contributed by atoms with E-state index in [9.17, 15) is 14.7 Å². The molecular formula is C14H17NO5. The van der Waals surface area contributed by atoms with Crippen molar-refractivity contribution in [3.8, 4) is 5.75 Å². The van der Waals surface area contributed by atoms with E-state index < -0.39 is 12.1 Å². The molecule has 0 saturated carbocycles. The highest BCUT2D eigenvalue weighted by molar-refractivity contribution is 5.80. The molecule has 6 nitrogen and oxygen atoms in total. The van der Waals surface area contributed by atoms with Crippen molar-refractivity contribution in [1.82, 2.24) is 4.90 Å². The number of aliphatic carboxylic acids is 1. The van der Waals surface area contributed by atoms with Crippen molar-refractivity contribution in [3.05, 3.63) is 29.8 Å². The molecule has 2 rings (SSSR count). The number of nitrogens with zero attached hydrogens (tertiary/aromatic N) is 1. The van der Waals surface area contributed by atoms with Crippen molar-refractivity contribution in [3.63, 3.8) is 0 Å². The van der Waals surface area contributed by atoms with Gasteiger partial charge in [0, 0.05) is 6.54 Å². The summed E-state index contributed by atoms with van der Waals surface area (Å²) < 4.78 is 5.27. The molecule has 2 atom stereocenters. The van der Waals surface area contributed by atoms with Crippen molar-refractivity contribution in [2.45, 2.75) is 25.6 Å². The molecule has 2 N–H and O–H groups in total. The second kappa shape index (κ2) is 5.92. The first kappa shape index (κ1) is 14.3. The van der Waals surface area contributed by atoms with Crippen LogP contribution in [0.2, 0.25) is 0 Å². The number of carbonyl (C=O) groups is 2. The van der Waals surface area contributed by atoms with Crippen LogP contribution in [0.5, 0.6) is 5.75 Å². The molecule has 1 amide bonds. The third-order valence-electron chi connectivity index (χ3n) is 3.18.